The number of ether oxygens (including phenoxy) is 2. The largest absolute Gasteiger partial charge is 0.463 e. The van der Waals surface area contributed by atoms with E-state index in [2.05, 4.69) is 71.2 Å². The van der Waals surface area contributed by atoms with Crippen molar-refractivity contribution in [1.29, 1.82) is 0 Å². The molecule has 1 aromatic carbocycles. The highest BCUT2D eigenvalue weighted by atomic mass is 28.4. The Morgan fingerprint density at radius 1 is 1.19 bits per heavy atom. The topological polar surface area (TPSA) is 27.7 Å². The van der Waals surface area contributed by atoms with Gasteiger partial charge in [0.05, 0.1) is 12.7 Å². The Labute approximate surface area is 160 Å². The minimum absolute atomic E-state index is 0.109. The van der Waals surface area contributed by atoms with Crippen LogP contribution < -0.4 is 4.74 Å². The van der Waals surface area contributed by atoms with Gasteiger partial charge in [-0.1, -0.05) is 57.2 Å². The average molecular weight is 375 g/mol. The average Bonchev–Trinajstić information content (AvgIpc) is 2.48. The van der Waals surface area contributed by atoms with Gasteiger partial charge in [-0.3, -0.25) is 0 Å². The van der Waals surface area contributed by atoms with Crippen LogP contribution in [-0.2, 0) is 15.8 Å². The van der Waals surface area contributed by atoms with Gasteiger partial charge in [0.15, 0.2) is 8.32 Å². The molecular formula is C22H34O3Si. The molecule has 0 fully saturated rings. The summed E-state index contributed by atoms with van der Waals surface area (Å²) in [5.41, 5.74) is 2.22. The fourth-order valence-corrected chi connectivity index (χ4v) is 3.95. The van der Waals surface area contributed by atoms with E-state index < -0.39 is 14.1 Å². The molecule has 3 nitrogen and oxygen atoms in total. The van der Waals surface area contributed by atoms with Crippen molar-refractivity contribution in [3.8, 4) is 5.75 Å². The maximum Gasteiger partial charge on any atom is 0.205 e. The lowest BCUT2D eigenvalue weighted by Gasteiger charge is -2.37. The van der Waals surface area contributed by atoms with Crippen LogP contribution in [0, 0.1) is 0 Å². The Morgan fingerprint density at radius 3 is 2.54 bits per heavy atom. The molecule has 0 N–H and O–H groups in total. The lowest BCUT2D eigenvalue weighted by Crippen LogP contribution is -2.42. The van der Waals surface area contributed by atoms with E-state index in [0.717, 1.165) is 16.9 Å². The van der Waals surface area contributed by atoms with E-state index in [1.165, 1.54) is 0 Å². The summed E-state index contributed by atoms with van der Waals surface area (Å²) < 4.78 is 18.0. The lowest BCUT2D eigenvalue weighted by atomic mass is 10.0. The highest BCUT2D eigenvalue weighted by Gasteiger charge is 2.38. The van der Waals surface area contributed by atoms with Crippen molar-refractivity contribution in [2.75, 3.05) is 0 Å². The Hall–Kier alpha value is -1.36. The van der Waals surface area contributed by atoms with Gasteiger partial charge < -0.3 is 13.9 Å². The predicted molar refractivity (Wildman–Crippen MR) is 112 cm³/mol. The van der Waals surface area contributed by atoms with Crippen molar-refractivity contribution < 1.29 is 13.9 Å². The molecule has 1 aliphatic rings. The smallest absolute Gasteiger partial charge is 0.205 e. The highest BCUT2D eigenvalue weighted by Crippen LogP contribution is 2.37. The first-order valence-corrected chi connectivity index (χ1v) is 12.3. The first-order valence-electron chi connectivity index (χ1n) is 9.39. The second kappa shape index (κ2) is 7.71. The molecular weight excluding hydrogens is 340 g/mol. The van der Waals surface area contributed by atoms with Crippen molar-refractivity contribution in [2.24, 2.45) is 0 Å². The number of benzene rings is 1. The molecule has 26 heavy (non-hydrogen) atoms. The van der Waals surface area contributed by atoms with Crippen LogP contribution in [0.1, 0.15) is 52.7 Å². The van der Waals surface area contributed by atoms with Crippen LogP contribution >= 0.6 is 0 Å². The van der Waals surface area contributed by atoms with Crippen LogP contribution in [0.25, 0.3) is 6.08 Å². The summed E-state index contributed by atoms with van der Waals surface area (Å²) in [6.45, 7) is 17.9. The maximum absolute atomic E-state index is 6.35. The molecule has 1 atom stereocenters. The fraction of sp³-hybridized carbons (Fsp3) is 0.545. The van der Waals surface area contributed by atoms with Crippen LogP contribution in [0.15, 0.2) is 36.4 Å². The minimum Gasteiger partial charge on any atom is -0.463 e. The van der Waals surface area contributed by atoms with Gasteiger partial charge in [-0.2, -0.15) is 0 Å². The van der Waals surface area contributed by atoms with E-state index in [1.54, 1.807) is 0 Å². The molecule has 2 rings (SSSR count). The molecule has 1 heterocycles. The quantitative estimate of drug-likeness (QED) is 0.446. The zero-order valence-electron chi connectivity index (χ0n) is 17.6. The maximum atomic E-state index is 6.35. The minimum atomic E-state index is -1.73. The van der Waals surface area contributed by atoms with Gasteiger partial charge in [-0.05, 0) is 36.7 Å². The van der Waals surface area contributed by atoms with Crippen molar-refractivity contribution in [2.45, 2.75) is 78.2 Å². The summed E-state index contributed by atoms with van der Waals surface area (Å²) in [4.78, 5) is 0. The van der Waals surface area contributed by atoms with Gasteiger partial charge in [0.2, 0.25) is 5.79 Å². The van der Waals surface area contributed by atoms with Crippen molar-refractivity contribution >= 4 is 14.4 Å². The summed E-state index contributed by atoms with van der Waals surface area (Å²) in [6.07, 6.45) is 8.44. The zero-order chi connectivity index (χ0) is 19.6. The summed E-state index contributed by atoms with van der Waals surface area (Å²) in [7, 11) is -1.73. The van der Waals surface area contributed by atoms with Crippen LogP contribution in [0.5, 0.6) is 5.75 Å². The van der Waals surface area contributed by atoms with Crippen molar-refractivity contribution in [1.82, 2.24) is 0 Å². The van der Waals surface area contributed by atoms with E-state index in [0.29, 0.717) is 6.61 Å². The Kier molecular flexibility index (Phi) is 6.21. The molecule has 0 spiro atoms. The zero-order valence-corrected chi connectivity index (χ0v) is 18.6. The number of hydrogen-bond acceptors (Lipinski definition) is 3. The van der Waals surface area contributed by atoms with Crippen LogP contribution in [0.2, 0.25) is 18.1 Å². The lowest BCUT2D eigenvalue weighted by molar-refractivity contribution is -0.180. The Morgan fingerprint density at radius 2 is 1.88 bits per heavy atom. The molecule has 0 bridgehead atoms. The van der Waals surface area contributed by atoms with E-state index in [4.69, 9.17) is 13.9 Å². The molecule has 0 saturated heterocycles. The summed E-state index contributed by atoms with van der Waals surface area (Å²) in [6, 6.07) is 6.11. The second-order valence-electron chi connectivity index (χ2n) is 8.94. The molecule has 0 aromatic heterocycles. The summed E-state index contributed by atoms with van der Waals surface area (Å²) >= 11 is 0. The third-order valence-corrected chi connectivity index (χ3v) is 9.72. The van der Waals surface area contributed by atoms with E-state index in [-0.39, 0.29) is 11.1 Å². The van der Waals surface area contributed by atoms with Gasteiger partial charge in [0.25, 0.3) is 0 Å². The van der Waals surface area contributed by atoms with Gasteiger partial charge in [-0.25, -0.2) is 0 Å². The molecule has 1 aromatic rings. The summed E-state index contributed by atoms with van der Waals surface area (Å²) in [5.74, 6) is 0.341. The number of allylic oxidation sites excluding steroid dienone is 2. The molecule has 0 aliphatic carbocycles. The molecule has 144 valence electrons. The second-order valence-corrected chi connectivity index (χ2v) is 13.7. The molecule has 0 saturated carbocycles. The fourth-order valence-electron chi connectivity index (χ4n) is 2.59. The van der Waals surface area contributed by atoms with Crippen molar-refractivity contribution in [3.05, 3.63) is 47.6 Å². The number of hydrogen-bond donors (Lipinski definition) is 0. The molecule has 0 unspecified atom stereocenters. The predicted octanol–water partition coefficient (Wildman–Crippen LogP) is 6.31. The monoisotopic (exact) mass is 374 g/mol. The van der Waals surface area contributed by atoms with E-state index in [1.807, 2.05) is 26.0 Å². The Balaban J connectivity index is 2.02. The van der Waals surface area contributed by atoms with Crippen molar-refractivity contribution in [3.63, 3.8) is 0 Å². The van der Waals surface area contributed by atoms with Crippen LogP contribution in [0.4, 0.5) is 0 Å². The summed E-state index contributed by atoms with van der Waals surface area (Å²) in [5, 5.41) is 0.224. The first kappa shape index (κ1) is 20.9. The molecule has 4 heteroatoms. The van der Waals surface area contributed by atoms with Crippen LogP contribution in [0.3, 0.4) is 0 Å². The van der Waals surface area contributed by atoms with E-state index >= 15 is 0 Å². The van der Waals surface area contributed by atoms with Gasteiger partial charge >= 0.3 is 0 Å². The third kappa shape index (κ3) is 5.32. The Bertz CT molecular complexity index is 681. The number of fused-ring (bicyclic) bond motifs is 1. The van der Waals surface area contributed by atoms with Crippen LogP contribution in [-0.4, -0.2) is 20.2 Å². The van der Waals surface area contributed by atoms with E-state index in [9.17, 15) is 0 Å². The number of rotatable bonds is 5. The molecule has 1 aliphatic heterocycles. The SMILES string of the molecule is C[C@@H](/C=C\C=C\c1cccc2c1COC(C)(C)O2)O[Si](C)(C)C(C)(C)C. The van der Waals surface area contributed by atoms with Gasteiger partial charge in [-0.15, -0.1) is 0 Å². The third-order valence-electron chi connectivity index (χ3n) is 5.14. The molecule has 0 radical (unpaired) electrons. The van der Waals surface area contributed by atoms with Gasteiger partial charge in [0.1, 0.15) is 5.75 Å². The molecule has 0 amide bonds. The normalized spacial score (nSPS) is 18.8. The highest BCUT2D eigenvalue weighted by molar-refractivity contribution is 6.74. The standard InChI is InChI=1S/C22H34O3Si/c1-17(25-26(7,8)21(2,3)4)12-9-10-13-18-14-11-15-20-19(18)16-23-22(5,6)24-20/h9-15,17H,16H2,1-8H3/b12-9-,13-10+/t17-/m0/s1. The van der Waals surface area contributed by atoms with Gasteiger partial charge in [0, 0.05) is 19.4 Å². The first-order chi connectivity index (χ1) is 11.9.